The number of benzene rings is 2. The summed E-state index contributed by atoms with van der Waals surface area (Å²) in [5, 5.41) is 1.03. The molecule has 0 bridgehead atoms. The average Bonchev–Trinajstić information content (AvgIpc) is 2.45. The fourth-order valence-electron chi connectivity index (χ4n) is 2.06. The summed E-state index contributed by atoms with van der Waals surface area (Å²) in [6.07, 6.45) is 1.73. The van der Waals surface area contributed by atoms with Gasteiger partial charge < -0.3 is 0 Å². The van der Waals surface area contributed by atoms with Crippen LogP contribution in [0, 0.1) is 0 Å². The molecular formula is C16H9Br2NO. The minimum Gasteiger partial charge on any atom is -0.289 e. The highest BCUT2D eigenvalue weighted by molar-refractivity contribution is 9.11. The molecule has 0 unspecified atom stereocenters. The standard InChI is InChI=1S/C16H9Br2NO/c17-13-6-12(7-14(18)9-13)16(20)11-4-3-10-2-1-5-19-15(10)8-11/h1-9H. The molecule has 0 aliphatic carbocycles. The van der Waals surface area contributed by atoms with Crippen LogP contribution in [-0.4, -0.2) is 10.8 Å². The molecule has 4 heteroatoms. The molecule has 1 aromatic heterocycles. The van der Waals surface area contributed by atoms with Crippen LogP contribution < -0.4 is 0 Å². The maximum atomic E-state index is 12.5. The predicted octanol–water partition coefficient (Wildman–Crippen LogP) is 4.99. The Morgan fingerprint density at radius 3 is 2.40 bits per heavy atom. The summed E-state index contributed by atoms with van der Waals surface area (Å²) >= 11 is 6.80. The monoisotopic (exact) mass is 389 g/mol. The van der Waals surface area contributed by atoms with Gasteiger partial charge in [0.25, 0.3) is 0 Å². The summed E-state index contributed by atoms with van der Waals surface area (Å²) in [5.41, 5.74) is 2.11. The van der Waals surface area contributed by atoms with E-state index in [1.807, 2.05) is 48.5 Å². The van der Waals surface area contributed by atoms with Crippen molar-refractivity contribution in [2.45, 2.75) is 0 Å². The maximum absolute atomic E-state index is 12.5. The first kappa shape index (κ1) is 13.5. The van der Waals surface area contributed by atoms with Gasteiger partial charge in [-0.2, -0.15) is 0 Å². The Labute approximate surface area is 133 Å². The number of carbonyl (C=O) groups excluding carboxylic acids is 1. The highest BCUT2D eigenvalue weighted by Crippen LogP contribution is 2.23. The van der Waals surface area contributed by atoms with Gasteiger partial charge in [-0.3, -0.25) is 9.78 Å². The minimum absolute atomic E-state index is 0.0143. The topological polar surface area (TPSA) is 30.0 Å². The summed E-state index contributed by atoms with van der Waals surface area (Å²) in [6, 6.07) is 15.0. The van der Waals surface area contributed by atoms with E-state index in [0.717, 1.165) is 19.8 Å². The SMILES string of the molecule is O=C(c1cc(Br)cc(Br)c1)c1ccc2cccnc2c1. The molecule has 3 rings (SSSR count). The smallest absolute Gasteiger partial charge is 0.193 e. The zero-order valence-corrected chi connectivity index (χ0v) is 13.5. The second kappa shape index (κ2) is 5.46. The lowest BCUT2D eigenvalue weighted by Gasteiger charge is -2.04. The van der Waals surface area contributed by atoms with Crippen molar-refractivity contribution in [1.29, 1.82) is 0 Å². The summed E-state index contributed by atoms with van der Waals surface area (Å²) in [6.45, 7) is 0. The molecule has 2 aromatic carbocycles. The molecule has 1 heterocycles. The summed E-state index contributed by atoms with van der Waals surface area (Å²) in [5.74, 6) is -0.0143. The summed E-state index contributed by atoms with van der Waals surface area (Å²) in [4.78, 5) is 16.8. The predicted molar refractivity (Wildman–Crippen MR) is 87.0 cm³/mol. The molecule has 2 nitrogen and oxygen atoms in total. The number of ketones is 1. The Hall–Kier alpha value is -1.52. The molecule has 0 fully saturated rings. The number of fused-ring (bicyclic) bond motifs is 1. The lowest BCUT2D eigenvalue weighted by molar-refractivity contribution is 0.103. The van der Waals surface area contributed by atoms with Crippen LogP contribution in [0.1, 0.15) is 15.9 Å². The Bertz CT molecular complexity index is 794. The number of aromatic nitrogens is 1. The maximum Gasteiger partial charge on any atom is 0.193 e. The van der Waals surface area contributed by atoms with Gasteiger partial charge in [-0.15, -0.1) is 0 Å². The van der Waals surface area contributed by atoms with Gasteiger partial charge in [-0.05, 0) is 30.3 Å². The van der Waals surface area contributed by atoms with Crippen molar-refractivity contribution in [3.8, 4) is 0 Å². The van der Waals surface area contributed by atoms with Crippen LogP contribution in [0.15, 0.2) is 63.7 Å². The highest BCUT2D eigenvalue weighted by atomic mass is 79.9. The van der Waals surface area contributed by atoms with Gasteiger partial charge in [0.15, 0.2) is 5.78 Å². The number of rotatable bonds is 2. The Morgan fingerprint density at radius 1 is 0.900 bits per heavy atom. The van der Waals surface area contributed by atoms with Crippen molar-refractivity contribution in [2.24, 2.45) is 0 Å². The molecule has 0 saturated carbocycles. The first-order valence-corrected chi connectivity index (χ1v) is 7.58. The van der Waals surface area contributed by atoms with Crippen LogP contribution >= 0.6 is 31.9 Å². The number of hydrogen-bond acceptors (Lipinski definition) is 2. The lowest BCUT2D eigenvalue weighted by Crippen LogP contribution is -2.01. The fourth-order valence-corrected chi connectivity index (χ4v) is 3.35. The van der Waals surface area contributed by atoms with E-state index >= 15 is 0 Å². The number of carbonyl (C=O) groups is 1. The highest BCUT2D eigenvalue weighted by Gasteiger charge is 2.11. The van der Waals surface area contributed by atoms with Gasteiger partial charge >= 0.3 is 0 Å². The first-order chi connectivity index (χ1) is 9.63. The Kier molecular flexibility index (Phi) is 3.68. The number of pyridine rings is 1. The van der Waals surface area contributed by atoms with Crippen LogP contribution in [0.4, 0.5) is 0 Å². The van der Waals surface area contributed by atoms with Crippen LogP contribution in [0.3, 0.4) is 0 Å². The number of nitrogens with zero attached hydrogens (tertiary/aromatic N) is 1. The van der Waals surface area contributed by atoms with E-state index < -0.39 is 0 Å². The van der Waals surface area contributed by atoms with Gasteiger partial charge in [-0.1, -0.05) is 50.1 Å². The molecule has 0 atom stereocenters. The van der Waals surface area contributed by atoms with E-state index in [2.05, 4.69) is 36.8 Å². The molecule has 0 spiro atoms. The summed E-state index contributed by atoms with van der Waals surface area (Å²) in [7, 11) is 0. The zero-order valence-electron chi connectivity index (χ0n) is 10.3. The largest absolute Gasteiger partial charge is 0.289 e. The molecular weight excluding hydrogens is 382 g/mol. The van der Waals surface area contributed by atoms with Crippen molar-refractivity contribution in [3.63, 3.8) is 0 Å². The van der Waals surface area contributed by atoms with Crippen LogP contribution in [0.5, 0.6) is 0 Å². The van der Waals surface area contributed by atoms with E-state index in [0.29, 0.717) is 11.1 Å². The number of halogens is 2. The summed E-state index contributed by atoms with van der Waals surface area (Å²) < 4.78 is 1.74. The molecule has 0 amide bonds. The van der Waals surface area contributed by atoms with Crippen LogP contribution in [0.2, 0.25) is 0 Å². The van der Waals surface area contributed by atoms with Gasteiger partial charge in [-0.25, -0.2) is 0 Å². The first-order valence-electron chi connectivity index (χ1n) is 5.99. The third kappa shape index (κ3) is 2.67. The van der Waals surface area contributed by atoms with E-state index in [-0.39, 0.29) is 5.78 Å². The normalized spacial score (nSPS) is 10.7. The van der Waals surface area contributed by atoms with Crippen LogP contribution in [-0.2, 0) is 0 Å². The average molecular weight is 391 g/mol. The molecule has 0 radical (unpaired) electrons. The minimum atomic E-state index is -0.0143. The van der Waals surface area contributed by atoms with E-state index in [1.165, 1.54) is 0 Å². The van der Waals surface area contributed by atoms with Gasteiger partial charge in [0.05, 0.1) is 5.52 Å². The van der Waals surface area contributed by atoms with Gasteiger partial charge in [0.2, 0.25) is 0 Å². The van der Waals surface area contributed by atoms with Crippen molar-refractivity contribution in [2.75, 3.05) is 0 Å². The van der Waals surface area contributed by atoms with Gasteiger partial charge in [0, 0.05) is 31.7 Å². The second-order valence-electron chi connectivity index (χ2n) is 4.40. The van der Waals surface area contributed by atoms with E-state index in [1.54, 1.807) is 6.20 Å². The third-order valence-electron chi connectivity index (χ3n) is 2.99. The Morgan fingerprint density at radius 2 is 1.65 bits per heavy atom. The van der Waals surface area contributed by atoms with Crippen molar-refractivity contribution in [3.05, 3.63) is 74.8 Å². The molecule has 0 aliphatic rings. The quantitative estimate of drug-likeness (QED) is 0.577. The van der Waals surface area contributed by atoms with Crippen molar-refractivity contribution in [1.82, 2.24) is 4.98 Å². The van der Waals surface area contributed by atoms with E-state index in [9.17, 15) is 4.79 Å². The third-order valence-corrected chi connectivity index (χ3v) is 3.91. The van der Waals surface area contributed by atoms with Crippen molar-refractivity contribution >= 4 is 48.5 Å². The van der Waals surface area contributed by atoms with E-state index in [4.69, 9.17) is 0 Å². The molecule has 98 valence electrons. The Balaban J connectivity index is 2.07. The molecule has 0 aliphatic heterocycles. The molecule has 0 saturated heterocycles. The zero-order chi connectivity index (χ0) is 14.1. The number of hydrogen-bond donors (Lipinski definition) is 0. The second-order valence-corrected chi connectivity index (χ2v) is 6.23. The molecule has 20 heavy (non-hydrogen) atoms. The van der Waals surface area contributed by atoms with Gasteiger partial charge in [0.1, 0.15) is 0 Å². The van der Waals surface area contributed by atoms with Crippen LogP contribution in [0.25, 0.3) is 10.9 Å². The molecule has 0 N–H and O–H groups in total. The van der Waals surface area contributed by atoms with Crippen molar-refractivity contribution < 1.29 is 4.79 Å². The lowest BCUT2D eigenvalue weighted by atomic mass is 10.0. The molecule has 3 aromatic rings. The fraction of sp³-hybridized carbons (Fsp3) is 0.